The number of amides is 1. The Morgan fingerprint density at radius 1 is 0.724 bits per heavy atom. The largest absolute Gasteiger partial charge is 0.307 e. The number of carbonyl (C=O) groups excluding carboxylic acids is 1. The first-order chi connectivity index (χ1) is 14.3. The van der Waals surface area contributed by atoms with Gasteiger partial charge in [0.05, 0.1) is 12.1 Å². The Balaban J connectivity index is 1.42. The zero-order valence-corrected chi connectivity index (χ0v) is 16.6. The van der Waals surface area contributed by atoms with Crippen molar-refractivity contribution in [3.05, 3.63) is 102 Å². The summed E-state index contributed by atoms with van der Waals surface area (Å²) in [5.74, 6) is 0.274. The van der Waals surface area contributed by atoms with Gasteiger partial charge in [-0.05, 0) is 35.6 Å². The van der Waals surface area contributed by atoms with Crippen molar-refractivity contribution in [2.75, 3.05) is 18.0 Å². The number of likely N-dealkylation sites (tertiary alicyclic amines) is 1. The van der Waals surface area contributed by atoms with Crippen LogP contribution in [0.2, 0.25) is 0 Å². The summed E-state index contributed by atoms with van der Waals surface area (Å²) in [5.41, 5.74) is 5.04. The fourth-order valence-corrected chi connectivity index (χ4v) is 4.79. The Morgan fingerprint density at radius 3 is 1.97 bits per heavy atom. The lowest BCUT2D eigenvalue weighted by Gasteiger charge is -2.49. The van der Waals surface area contributed by atoms with Crippen molar-refractivity contribution in [1.82, 2.24) is 4.90 Å². The lowest BCUT2D eigenvalue weighted by molar-refractivity contribution is -0.119. The molecule has 0 spiro atoms. The van der Waals surface area contributed by atoms with E-state index in [1.807, 2.05) is 0 Å². The van der Waals surface area contributed by atoms with E-state index in [-0.39, 0.29) is 18.0 Å². The molecule has 3 aromatic carbocycles. The normalized spacial score (nSPS) is 17.7. The predicted molar refractivity (Wildman–Crippen MR) is 117 cm³/mol. The summed E-state index contributed by atoms with van der Waals surface area (Å²) in [6.45, 7) is 1.79. The third-order valence-electron chi connectivity index (χ3n) is 6.21. The van der Waals surface area contributed by atoms with Gasteiger partial charge in [0.1, 0.15) is 0 Å². The Hall–Kier alpha value is -2.91. The molecule has 1 amide bonds. The number of rotatable bonds is 4. The van der Waals surface area contributed by atoms with E-state index in [1.165, 1.54) is 16.7 Å². The van der Waals surface area contributed by atoms with Gasteiger partial charge in [0.25, 0.3) is 0 Å². The Morgan fingerprint density at radius 2 is 1.31 bits per heavy atom. The molecule has 0 N–H and O–H groups in total. The number of para-hydroxylation sites is 1. The molecule has 0 saturated carbocycles. The summed E-state index contributed by atoms with van der Waals surface area (Å²) in [6, 6.07) is 30.3. The van der Waals surface area contributed by atoms with Crippen LogP contribution in [0.4, 0.5) is 5.69 Å². The monoisotopic (exact) mass is 382 g/mol. The van der Waals surface area contributed by atoms with Gasteiger partial charge in [-0.3, -0.25) is 9.69 Å². The molecular formula is C26H26N2O. The molecule has 3 aromatic rings. The average Bonchev–Trinajstić information content (AvgIpc) is 2.90. The van der Waals surface area contributed by atoms with Crippen molar-refractivity contribution in [1.29, 1.82) is 0 Å². The highest BCUT2D eigenvalue weighted by molar-refractivity contribution is 5.95. The molecule has 0 bridgehead atoms. The molecule has 0 atom stereocenters. The van der Waals surface area contributed by atoms with Gasteiger partial charge in [0.15, 0.2) is 0 Å². The van der Waals surface area contributed by atoms with Gasteiger partial charge in [0, 0.05) is 25.2 Å². The van der Waals surface area contributed by atoms with Crippen LogP contribution in [-0.2, 0) is 11.2 Å². The average molecular weight is 383 g/mol. The van der Waals surface area contributed by atoms with E-state index in [4.69, 9.17) is 0 Å². The van der Waals surface area contributed by atoms with Gasteiger partial charge < -0.3 is 4.90 Å². The fraction of sp³-hybridized carbons (Fsp3) is 0.269. The predicted octanol–water partition coefficient (Wildman–Crippen LogP) is 4.83. The van der Waals surface area contributed by atoms with Crippen molar-refractivity contribution in [2.24, 2.45) is 0 Å². The first kappa shape index (κ1) is 18.1. The van der Waals surface area contributed by atoms with E-state index in [0.29, 0.717) is 6.42 Å². The molecule has 0 unspecified atom stereocenters. The first-order valence-electron chi connectivity index (χ1n) is 10.5. The number of hydrogen-bond donors (Lipinski definition) is 0. The number of nitrogens with zero attached hydrogens (tertiary/aromatic N) is 2. The van der Waals surface area contributed by atoms with Crippen LogP contribution < -0.4 is 4.90 Å². The Bertz CT molecular complexity index is 940. The molecule has 2 heterocycles. The highest BCUT2D eigenvalue weighted by Gasteiger charge is 2.40. The lowest BCUT2D eigenvalue weighted by atomic mass is 9.92. The van der Waals surface area contributed by atoms with Crippen molar-refractivity contribution >= 4 is 11.6 Å². The van der Waals surface area contributed by atoms with Gasteiger partial charge in [-0.25, -0.2) is 0 Å². The number of fused-ring (bicyclic) bond motifs is 1. The molecule has 2 aliphatic heterocycles. The van der Waals surface area contributed by atoms with Gasteiger partial charge in [-0.2, -0.15) is 0 Å². The van der Waals surface area contributed by atoms with Gasteiger partial charge >= 0.3 is 0 Å². The second-order valence-corrected chi connectivity index (χ2v) is 8.08. The molecule has 0 radical (unpaired) electrons. The van der Waals surface area contributed by atoms with E-state index in [1.54, 1.807) is 0 Å². The van der Waals surface area contributed by atoms with Crippen LogP contribution in [0.25, 0.3) is 0 Å². The minimum atomic E-state index is 0.228. The molecule has 29 heavy (non-hydrogen) atoms. The highest BCUT2D eigenvalue weighted by atomic mass is 16.2. The zero-order valence-electron chi connectivity index (χ0n) is 16.6. The highest BCUT2D eigenvalue weighted by Crippen LogP contribution is 2.37. The summed E-state index contributed by atoms with van der Waals surface area (Å²) < 4.78 is 0. The Kier molecular flexibility index (Phi) is 4.91. The molecule has 0 aliphatic carbocycles. The van der Waals surface area contributed by atoms with E-state index >= 15 is 0 Å². The van der Waals surface area contributed by atoms with Crippen LogP contribution in [0.5, 0.6) is 0 Å². The van der Waals surface area contributed by atoms with Crippen molar-refractivity contribution in [3.8, 4) is 0 Å². The van der Waals surface area contributed by atoms with E-state index in [0.717, 1.165) is 31.6 Å². The minimum absolute atomic E-state index is 0.228. The van der Waals surface area contributed by atoms with Crippen molar-refractivity contribution < 1.29 is 4.79 Å². The summed E-state index contributed by atoms with van der Waals surface area (Å²) in [4.78, 5) is 17.5. The molecule has 3 heteroatoms. The molecule has 3 nitrogen and oxygen atoms in total. The van der Waals surface area contributed by atoms with Crippen LogP contribution in [0.15, 0.2) is 84.9 Å². The molecule has 5 rings (SSSR count). The smallest absolute Gasteiger partial charge is 0.227 e. The maximum Gasteiger partial charge on any atom is 0.227 e. The standard InChI is InChI=1S/C26H26N2O/c29-25-17-9-15-20-10-7-8-16-24(20)28(25)23-18-27(19-23)26(21-11-3-1-4-12-21)22-13-5-2-6-14-22/h1-8,10-14,16,23,26H,9,15,17-19H2. The number of aryl methyl sites for hydroxylation is 1. The van der Waals surface area contributed by atoms with Crippen LogP contribution in [0.1, 0.15) is 35.6 Å². The van der Waals surface area contributed by atoms with Gasteiger partial charge in [-0.1, -0.05) is 78.9 Å². The van der Waals surface area contributed by atoms with Crippen LogP contribution in [0, 0.1) is 0 Å². The Labute approximate surface area is 172 Å². The maximum absolute atomic E-state index is 12.9. The molecule has 1 fully saturated rings. The third-order valence-corrected chi connectivity index (χ3v) is 6.21. The number of carbonyl (C=O) groups is 1. The summed E-state index contributed by atoms with van der Waals surface area (Å²) >= 11 is 0. The number of anilines is 1. The SMILES string of the molecule is O=C1CCCc2ccccc2N1C1CN(C(c2ccccc2)c2ccccc2)C1. The molecule has 1 saturated heterocycles. The number of benzene rings is 3. The summed E-state index contributed by atoms with van der Waals surface area (Å²) in [6.07, 6.45) is 2.58. The third kappa shape index (κ3) is 3.47. The number of hydrogen-bond acceptors (Lipinski definition) is 2. The van der Waals surface area contributed by atoms with Crippen LogP contribution in [0.3, 0.4) is 0 Å². The second kappa shape index (κ2) is 7.84. The van der Waals surface area contributed by atoms with E-state index in [9.17, 15) is 4.79 Å². The molecule has 2 aliphatic rings. The molecule has 0 aromatic heterocycles. The second-order valence-electron chi connectivity index (χ2n) is 8.08. The first-order valence-corrected chi connectivity index (χ1v) is 10.5. The van der Waals surface area contributed by atoms with E-state index < -0.39 is 0 Å². The fourth-order valence-electron chi connectivity index (χ4n) is 4.79. The van der Waals surface area contributed by atoms with Crippen LogP contribution >= 0.6 is 0 Å². The van der Waals surface area contributed by atoms with Crippen LogP contribution in [-0.4, -0.2) is 29.9 Å². The topological polar surface area (TPSA) is 23.6 Å². The van der Waals surface area contributed by atoms with E-state index in [2.05, 4.69) is 94.7 Å². The maximum atomic E-state index is 12.9. The summed E-state index contributed by atoms with van der Waals surface area (Å²) in [7, 11) is 0. The summed E-state index contributed by atoms with van der Waals surface area (Å²) in [5, 5.41) is 0. The van der Waals surface area contributed by atoms with Gasteiger partial charge in [0.2, 0.25) is 5.91 Å². The van der Waals surface area contributed by atoms with Gasteiger partial charge in [-0.15, -0.1) is 0 Å². The molecular weight excluding hydrogens is 356 g/mol. The molecule has 146 valence electrons. The zero-order chi connectivity index (χ0) is 19.6. The lowest BCUT2D eigenvalue weighted by Crippen LogP contribution is -2.61. The van der Waals surface area contributed by atoms with Crippen molar-refractivity contribution in [2.45, 2.75) is 31.3 Å². The van der Waals surface area contributed by atoms with Crippen molar-refractivity contribution in [3.63, 3.8) is 0 Å². The quantitative estimate of drug-likeness (QED) is 0.645. The minimum Gasteiger partial charge on any atom is -0.307 e.